The van der Waals surface area contributed by atoms with Gasteiger partial charge >= 0.3 is 0 Å². The van der Waals surface area contributed by atoms with Crippen molar-refractivity contribution in [2.45, 2.75) is 16.2 Å². The van der Waals surface area contributed by atoms with Gasteiger partial charge in [0.15, 0.2) is 4.34 Å². The molecule has 0 aliphatic rings. The van der Waals surface area contributed by atoms with Gasteiger partial charge in [0.1, 0.15) is 0 Å². The Morgan fingerprint density at radius 3 is 2.83 bits per heavy atom. The summed E-state index contributed by atoms with van der Waals surface area (Å²) in [4.78, 5) is 16.7. The molecule has 0 saturated heterocycles. The maximum atomic E-state index is 11.5. The standard InChI is InChI=1S/C12H13N3OS2/c1-7-6-17-12(15-7)18-10-4-3-8(5-9(10)13)11(16)14-2/h3-6H,13H2,1-2H3,(H,14,16). The maximum absolute atomic E-state index is 11.5. The highest BCUT2D eigenvalue weighted by molar-refractivity contribution is 8.01. The first kappa shape index (κ1) is 12.9. The molecule has 0 saturated carbocycles. The molecule has 4 nitrogen and oxygen atoms in total. The van der Waals surface area contributed by atoms with Crippen LogP contribution >= 0.6 is 23.1 Å². The summed E-state index contributed by atoms with van der Waals surface area (Å²) in [6, 6.07) is 5.29. The van der Waals surface area contributed by atoms with Crippen LogP contribution in [-0.2, 0) is 0 Å². The summed E-state index contributed by atoms with van der Waals surface area (Å²) < 4.78 is 0.951. The number of thiazole rings is 1. The molecular formula is C12H13N3OS2. The molecule has 3 N–H and O–H groups in total. The Balaban J connectivity index is 2.22. The van der Waals surface area contributed by atoms with E-state index < -0.39 is 0 Å². The average molecular weight is 279 g/mol. The number of anilines is 1. The summed E-state index contributed by atoms with van der Waals surface area (Å²) in [5.41, 5.74) is 8.10. The minimum atomic E-state index is -0.136. The average Bonchev–Trinajstić information content (AvgIpc) is 2.76. The molecule has 2 rings (SSSR count). The summed E-state index contributed by atoms with van der Waals surface area (Å²) in [5.74, 6) is -0.136. The Hall–Kier alpha value is -1.53. The van der Waals surface area contributed by atoms with Crippen molar-refractivity contribution in [1.29, 1.82) is 0 Å². The Labute approximate surface area is 114 Å². The molecule has 0 aliphatic heterocycles. The number of nitrogens with two attached hydrogens (primary N) is 1. The fraction of sp³-hybridized carbons (Fsp3) is 0.167. The van der Waals surface area contributed by atoms with Gasteiger partial charge in [-0.1, -0.05) is 11.8 Å². The number of hydrogen-bond acceptors (Lipinski definition) is 5. The molecule has 0 aliphatic carbocycles. The smallest absolute Gasteiger partial charge is 0.251 e. The Morgan fingerprint density at radius 2 is 2.28 bits per heavy atom. The van der Waals surface area contributed by atoms with E-state index >= 15 is 0 Å². The van der Waals surface area contributed by atoms with Crippen molar-refractivity contribution in [3.63, 3.8) is 0 Å². The summed E-state index contributed by atoms with van der Waals surface area (Å²) in [6.45, 7) is 1.96. The largest absolute Gasteiger partial charge is 0.398 e. The van der Waals surface area contributed by atoms with Crippen LogP contribution in [0.25, 0.3) is 0 Å². The second-order valence-electron chi connectivity index (χ2n) is 3.69. The van der Waals surface area contributed by atoms with Crippen molar-refractivity contribution in [2.75, 3.05) is 12.8 Å². The number of carbonyl (C=O) groups excluding carboxylic acids is 1. The van der Waals surface area contributed by atoms with Gasteiger partial charge in [-0.2, -0.15) is 0 Å². The first-order chi connectivity index (χ1) is 8.60. The van der Waals surface area contributed by atoms with Gasteiger partial charge in [0.2, 0.25) is 0 Å². The van der Waals surface area contributed by atoms with Gasteiger partial charge in [0.05, 0.1) is 0 Å². The van der Waals surface area contributed by atoms with Crippen molar-refractivity contribution >= 4 is 34.7 Å². The van der Waals surface area contributed by atoms with E-state index in [-0.39, 0.29) is 5.91 Å². The molecule has 0 atom stereocenters. The van der Waals surface area contributed by atoms with E-state index in [1.54, 1.807) is 30.5 Å². The molecule has 0 fully saturated rings. The number of carbonyl (C=O) groups is 1. The van der Waals surface area contributed by atoms with E-state index in [9.17, 15) is 4.79 Å². The predicted molar refractivity (Wildman–Crippen MR) is 75.2 cm³/mol. The summed E-state index contributed by atoms with van der Waals surface area (Å²) in [6.07, 6.45) is 0. The molecule has 0 bridgehead atoms. The van der Waals surface area contributed by atoms with Crippen LogP contribution in [0, 0.1) is 6.92 Å². The fourth-order valence-corrected chi connectivity index (χ4v) is 3.22. The highest BCUT2D eigenvalue weighted by Crippen LogP contribution is 2.34. The number of nitrogens with zero attached hydrogens (tertiary/aromatic N) is 1. The number of aromatic nitrogens is 1. The molecule has 0 radical (unpaired) electrons. The highest BCUT2D eigenvalue weighted by atomic mass is 32.2. The second-order valence-corrected chi connectivity index (χ2v) is 5.84. The minimum Gasteiger partial charge on any atom is -0.398 e. The first-order valence-corrected chi connectivity index (χ1v) is 7.01. The Bertz CT molecular complexity index is 580. The fourth-order valence-electron chi connectivity index (χ4n) is 1.40. The van der Waals surface area contributed by atoms with Gasteiger partial charge in [-0.25, -0.2) is 4.98 Å². The third-order valence-corrected chi connectivity index (χ3v) is 4.44. The van der Waals surface area contributed by atoms with Crippen LogP contribution in [-0.4, -0.2) is 17.9 Å². The lowest BCUT2D eigenvalue weighted by atomic mass is 10.2. The molecular weight excluding hydrogens is 266 g/mol. The van der Waals surface area contributed by atoms with Gasteiger partial charge in [-0.15, -0.1) is 11.3 Å². The van der Waals surface area contributed by atoms with Crippen LogP contribution in [0.1, 0.15) is 16.1 Å². The number of rotatable bonds is 3. The monoisotopic (exact) mass is 279 g/mol. The van der Waals surface area contributed by atoms with E-state index in [4.69, 9.17) is 5.73 Å². The third kappa shape index (κ3) is 2.83. The summed E-state index contributed by atoms with van der Waals surface area (Å²) in [5, 5.41) is 4.57. The molecule has 18 heavy (non-hydrogen) atoms. The normalized spacial score (nSPS) is 10.3. The van der Waals surface area contributed by atoms with Crippen LogP contribution in [0.3, 0.4) is 0 Å². The first-order valence-electron chi connectivity index (χ1n) is 5.31. The molecule has 0 unspecified atom stereocenters. The molecule has 1 heterocycles. The Morgan fingerprint density at radius 1 is 1.50 bits per heavy atom. The molecule has 1 amide bonds. The van der Waals surface area contributed by atoms with Crippen molar-refractivity contribution in [3.05, 3.63) is 34.8 Å². The Kier molecular flexibility index (Phi) is 3.88. The zero-order valence-electron chi connectivity index (χ0n) is 10.1. The van der Waals surface area contributed by atoms with Crippen LogP contribution < -0.4 is 11.1 Å². The molecule has 1 aromatic carbocycles. The zero-order valence-corrected chi connectivity index (χ0v) is 11.7. The van der Waals surface area contributed by atoms with Crippen molar-refractivity contribution in [3.8, 4) is 0 Å². The maximum Gasteiger partial charge on any atom is 0.251 e. The summed E-state index contributed by atoms with van der Waals surface area (Å²) in [7, 11) is 1.60. The zero-order chi connectivity index (χ0) is 13.1. The molecule has 6 heteroatoms. The van der Waals surface area contributed by atoms with Crippen LogP contribution in [0.4, 0.5) is 5.69 Å². The lowest BCUT2D eigenvalue weighted by Crippen LogP contribution is -2.17. The number of nitrogens with one attached hydrogen (secondary N) is 1. The predicted octanol–water partition coefficient (Wildman–Crippen LogP) is 2.54. The van der Waals surface area contributed by atoms with E-state index in [2.05, 4.69) is 10.3 Å². The lowest BCUT2D eigenvalue weighted by Gasteiger charge is -2.05. The topological polar surface area (TPSA) is 68.0 Å². The molecule has 1 aromatic heterocycles. The van der Waals surface area contributed by atoms with E-state index in [0.717, 1.165) is 14.9 Å². The van der Waals surface area contributed by atoms with Crippen molar-refractivity contribution < 1.29 is 4.79 Å². The quantitative estimate of drug-likeness (QED) is 0.847. The number of benzene rings is 1. The van der Waals surface area contributed by atoms with Gasteiger partial charge in [-0.05, 0) is 25.1 Å². The highest BCUT2D eigenvalue weighted by Gasteiger charge is 2.09. The van der Waals surface area contributed by atoms with Gasteiger partial charge in [0, 0.05) is 34.3 Å². The van der Waals surface area contributed by atoms with Gasteiger partial charge in [-0.3, -0.25) is 4.79 Å². The number of nitrogen functional groups attached to an aromatic ring is 1. The van der Waals surface area contributed by atoms with Gasteiger partial charge < -0.3 is 11.1 Å². The third-order valence-electron chi connectivity index (χ3n) is 2.29. The van der Waals surface area contributed by atoms with Crippen LogP contribution in [0.15, 0.2) is 32.8 Å². The van der Waals surface area contributed by atoms with Crippen molar-refractivity contribution in [1.82, 2.24) is 10.3 Å². The number of hydrogen-bond donors (Lipinski definition) is 2. The number of amides is 1. The second kappa shape index (κ2) is 5.41. The molecule has 0 spiro atoms. The van der Waals surface area contributed by atoms with E-state index in [0.29, 0.717) is 11.3 Å². The summed E-state index contributed by atoms with van der Waals surface area (Å²) >= 11 is 3.10. The van der Waals surface area contributed by atoms with E-state index in [1.165, 1.54) is 11.8 Å². The SMILES string of the molecule is CNC(=O)c1ccc(Sc2nc(C)cs2)c(N)c1. The van der Waals surface area contributed by atoms with Crippen molar-refractivity contribution in [2.24, 2.45) is 0 Å². The molecule has 2 aromatic rings. The van der Waals surface area contributed by atoms with E-state index in [1.807, 2.05) is 18.4 Å². The molecule has 94 valence electrons. The minimum absolute atomic E-state index is 0.136. The van der Waals surface area contributed by atoms with Gasteiger partial charge in [0.25, 0.3) is 5.91 Å². The van der Waals surface area contributed by atoms with Crippen LogP contribution in [0.2, 0.25) is 0 Å². The lowest BCUT2D eigenvalue weighted by molar-refractivity contribution is 0.0963. The van der Waals surface area contributed by atoms with Crippen LogP contribution in [0.5, 0.6) is 0 Å². The number of aryl methyl sites for hydroxylation is 1.